The van der Waals surface area contributed by atoms with Crippen molar-refractivity contribution >= 4 is 5.91 Å². The van der Waals surface area contributed by atoms with Gasteiger partial charge >= 0.3 is 0 Å². The number of nitrogens with two attached hydrogens (primary N) is 1. The number of amides is 1. The van der Waals surface area contributed by atoms with E-state index in [9.17, 15) is 4.79 Å². The van der Waals surface area contributed by atoms with Crippen molar-refractivity contribution in [3.8, 4) is 0 Å². The SMILES string of the molecule is C[C@H]1CC[C@H](NC(=O)C2(N)CCCC2)CC1. The van der Waals surface area contributed by atoms with E-state index in [-0.39, 0.29) is 5.91 Å². The molecule has 0 aliphatic heterocycles. The Bertz CT molecular complexity index is 251. The van der Waals surface area contributed by atoms with Crippen LogP contribution in [0, 0.1) is 5.92 Å². The second-order valence-electron chi connectivity index (χ2n) is 5.79. The molecule has 0 aromatic rings. The van der Waals surface area contributed by atoms with E-state index in [0.29, 0.717) is 6.04 Å². The Kier molecular flexibility index (Phi) is 3.53. The third-order valence-corrected chi connectivity index (χ3v) is 4.30. The van der Waals surface area contributed by atoms with E-state index < -0.39 is 5.54 Å². The molecule has 2 saturated carbocycles. The van der Waals surface area contributed by atoms with E-state index in [2.05, 4.69) is 12.2 Å². The molecule has 0 radical (unpaired) electrons. The lowest BCUT2D eigenvalue weighted by molar-refractivity contribution is -0.127. The van der Waals surface area contributed by atoms with Crippen molar-refractivity contribution in [2.24, 2.45) is 11.7 Å². The molecule has 92 valence electrons. The number of carbonyl (C=O) groups excluding carboxylic acids is 1. The molecule has 2 fully saturated rings. The molecular formula is C13H24N2O. The smallest absolute Gasteiger partial charge is 0.240 e. The van der Waals surface area contributed by atoms with Gasteiger partial charge in [0.25, 0.3) is 0 Å². The fraction of sp³-hybridized carbons (Fsp3) is 0.923. The van der Waals surface area contributed by atoms with Crippen LogP contribution in [0.25, 0.3) is 0 Å². The average Bonchev–Trinajstić information content (AvgIpc) is 2.70. The third-order valence-electron chi connectivity index (χ3n) is 4.30. The van der Waals surface area contributed by atoms with Gasteiger partial charge in [-0.2, -0.15) is 0 Å². The Hall–Kier alpha value is -0.570. The molecule has 2 rings (SSSR count). The molecule has 0 saturated heterocycles. The molecule has 0 heterocycles. The second-order valence-corrected chi connectivity index (χ2v) is 5.79. The highest BCUT2D eigenvalue weighted by atomic mass is 16.2. The number of rotatable bonds is 2. The predicted octanol–water partition coefficient (Wildman–Crippen LogP) is 1.95. The quantitative estimate of drug-likeness (QED) is 0.753. The Morgan fingerprint density at radius 2 is 1.75 bits per heavy atom. The van der Waals surface area contributed by atoms with Gasteiger partial charge in [-0.3, -0.25) is 4.79 Å². The van der Waals surface area contributed by atoms with E-state index in [0.717, 1.165) is 44.4 Å². The van der Waals surface area contributed by atoms with Crippen LogP contribution >= 0.6 is 0 Å². The van der Waals surface area contributed by atoms with Crippen LogP contribution in [0.15, 0.2) is 0 Å². The van der Waals surface area contributed by atoms with E-state index in [1.807, 2.05) is 0 Å². The molecule has 0 aromatic heterocycles. The normalized spacial score (nSPS) is 33.6. The largest absolute Gasteiger partial charge is 0.352 e. The molecule has 0 atom stereocenters. The van der Waals surface area contributed by atoms with Gasteiger partial charge in [0.05, 0.1) is 5.54 Å². The highest BCUT2D eigenvalue weighted by Gasteiger charge is 2.38. The van der Waals surface area contributed by atoms with Gasteiger partial charge in [0.1, 0.15) is 0 Å². The van der Waals surface area contributed by atoms with Crippen molar-refractivity contribution in [3.63, 3.8) is 0 Å². The van der Waals surface area contributed by atoms with Gasteiger partial charge in [-0.1, -0.05) is 19.8 Å². The van der Waals surface area contributed by atoms with Gasteiger partial charge in [-0.15, -0.1) is 0 Å². The summed E-state index contributed by atoms with van der Waals surface area (Å²) in [7, 11) is 0. The topological polar surface area (TPSA) is 55.1 Å². The lowest BCUT2D eigenvalue weighted by Crippen LogP contribution is -2.54. The average molecular weight is 224 g/mol. The van der Waals surface area contributed by atoms with Gasteiger partial charge in [0.2, 0.25) is 5.91 Å². The van der Waals surface area contributed by atoms with Crippen molar-refractivity contribution in [2.45, 2.75) is 69.9 Å². The van der Waals surface area contributed by atoms with Gasteiger partial charge < -0.3 is 11.1 Å². The van der Waals surface area contributed by atoms with E-state index in [1.54, 1.807) is 0 Å². The van der Waals surface area contributed by atoms with E-state index in [4.69, 9.17) is 5.73 Å². The zero-order valence-electron chi connectivity index (χ0n) is 10.3. The van der Waals surface area contributed by atoms with Crippen molar-refractivity contribution in [2.75, 3.05) is 0 Å². The summed E-state index contributed by atoms with van der Waals surface area (Å²) in [6.07, 6.45) is 8.66. The van der Waals surface area contributed by atoms with Crippen LogP contribution < -0.4 is 11.1 Å². The Morgan fingerprint density at radius 1 is 1.19 bits per heavy atom. The summed E-state index contributed by atoms with van der Waals surface area (Å²) in [6, 6.07) is 0.379. The first-order chi connectivity index (χ1) is 7.60. The van der Waals surface area contributed by atoms with Crippen LogP contribution in [0.4, 0.5) is 0 Å². The lowest BCUT2D eigenvalue weighted by Gasteiger charge is -2.30. The molecule has 1 amide bonds. The minimum Gasteiger partial charge on any atom is -0.352 e. The van der Waals surface area contributed by atoms with E-state index in [1.165, 1.54) is 12.8 Å². The number of nitrogens with one attached hydrogen (secondary N) is 1. The first-order valence-electron chi connectivity index (χ1n) is 6.70. The lowest BCUT2D eigenvalue weighted by atomic mass is 9.86. The number of hydrogen-bond acceptors (Lipinski definition) is 2. The molecule has 0 bridgehead atoms. The maximum Gasteiger partial charge on any atom is 0.240 e. The third kappa shape index (κ3) is 2.57. The molecular weight excluding hydrogens is 200 g/mol. The Morgan fingerprint density at radius 3 is 2.31 bits per heavy atom. The van der Waals surface area contributed by atoms with Gasteiger partial charge in [-0.25, -0.2) is 0 Å². The zero-order valence-corrected chi connectivity index (χ0v) is 10.3. The molecule has 0 aromatic carbocycles. The summed E-state index contributed by atoms with van der Waals surface area (Å²) in [5.41, 5.74) is 5.58. The zero-order chi connectivity index (χ0) is 11.6. The monoisotopic (exact) mass is 224 g/mol. The minimum atomic E-state index is -0.553. The van der Waals surface area contributed by atoms with E-state index >= 15 is 0 Å². The Labute approximate surface area is 98.2 Å². The number of hydrogen-bond donors (Lipinski definition) is 2. The van der Waals surface area contributed by atoms with Crippen LogP contribution in [0.5, 0.6) is 0 Å². The first-order valence-corrected chi connectivity index (χ1v) is 6.70. The summed E-state index contributed by atoms with van der Waals surface area (Å²) < 4.78 is 0. The summed E-state index contributed by atoms with van der Waals surface area (Å²) >= 11 is 0. The molecule has 3 nitrogen and oxygen atoms in total. The minimum absolute atomic E-state index is 0.101. The van der Waals surface area contributed by atoms with Crippen LogP contribution in [-0.4, -0.2) is 17.5 Å². The molecule has 3 heteroatoms. The van der Waals surface area contributed by atoms with Crippen LogP contribution in [-0.2, 0) is 4.79 Å². The predicted molar refractivity (Wildman–Crippen MR) is 64.9 cm³/mol. The van der Waals surface area contributed by atoms with Gasteiger partial charge in [0.15, 0.2) is 0 Å². The van der Waals surface area contributed by atoms with Crippen molar-refractivity contribution in [3.05, 3.63) is 0 Å². The fourth-order valence-electron chi connectivity index (χ4n) is 2.97. The second kappa shape index (κ2) is 4.74. The molecule has 16 heavy (non-hydrogen) atoms. The fourth-order valence-corrected chi connectivity index (χ4v) is 2.97. The summed E-state index contributed by atoms with van der Waals surface area (Å²) in [5, 5.41) is 3.16. The molecule has 3 N–H and O–H groups in total. The maximum atomic E-state index is 12.1. The standard InChI is InChI=1S/C13H24N2O/c1-10-4-6-11(7-5-10)15-12(16)13(14)8-2-3-9-13/h10-11H,2-9,14H2,1H3,(H,15,16)/t10-,11-. The summed E-state index contributed by atoms with van der Waals surface area (Å²) in [4.78, 5) is 12.1. The highest BCUT2D eigenvalue weighted by molar-refractivity contribution is 5.86. The van der Waals surface area contributed by atoms with Crippen molar-refractivity contribution in [1.29, 1.82) is 0 Å². The van der Waals surface area contributed by atoms with Crippen molar-refractivity contribution < 1.29 is 4.79 Å². The van der Waals surface area contributed by atoms with Gasteiger partial charge in [0, 0.05) is 6.04 Å². The molecule has 0 spiro atoms. The van der Waals surface area contributed by atoms with Crippen molar-refractivity contribution in [1.82, 2.24) is 5.32 Å². The molecule has 2 aliphatic carbocycles. The summed E-state index contributed by atoms with van der Waals surface area (Å²) in [6.45, 7) is 2.29. The highest BCUT2D eigenvalue weighted by Crippen LogP contribution is 2.29. The number of carbonyl (C=O) groups is 1. The van der Waals surface area contributed by atoms with Gasteiger partial charge in [-0.05, 0) is 44.4 Å². The van der Waals surface area contributed by atoms with Crippen LogP contribution in [0.1, 0.15) is 58.3 Å². The maximum absolute atomic E-state index is 12.1. The molecule has 0 unspecified atom stereocenters. The molecule has 2 aliphatic rings. The summed E-state index contributed by atoms with van der Waals surface area (Å²) in [5.74, 6) is 0.927. The van der Waals surface area contributed by atoms with Crippen LogP contribution in [0.3, 0.4) is 0 Å². The van der Waals surface area contributed by atoms with Crippen LogP contribution in [0.2, 0.25) is 0 Å². The first kappa shape index (κ1) is 11.9. The Balaban J connectivity index is 1.83.